The van der Waals surface area contributed by atoms with Crippen molar-refractivity contribution < 1.29 is 19.0 Å². The number of hydrogen-bond acceptors (Lipinski definition) is 6. The summed E-state index contributed by atoms with van der Waals surface area (Å²) in [5.41, 5.74) is 2.66. The Morgan fingerprint density at radius 3 is 2.65 bits per heavy atom. The number of carboxylic acids is 1. The largest absolute Gasteiger partial charge is 0.477 e. The van der Waals surface area contributed by atoms with Crippen molar-refractivity contribution in [1.29, 1.82) is 0 Å². The molecule has 0 unspecified atom stereocenters. The van der Waals surface area contributed by atoms with Gasteiger partial charge in [0.1, 0.15) is 23.8 Å². The minimum Gasteiger partial charge on any atom is -0.477 e. The van der Waals surface area contributed by atoms with Crippen molar-refractivity contribution in [1.82, 2.24) is 24.4 Å². The summed E-state index contributed by atoms with van der Waals surface area (Å²) in [6.45, 7) is 2.50. The number of carboxylic acid groups (broad SMARTS) is 1. The fourth-order valence-electron chi connectivity index (χ4n) is 4.49. The third kappa shape index (κ3) is 6.01. The van der Waals surface area contributed by atoms with Crippen LogP contribution in [0.15, 0.2) is 48.5 Å². The third-order valence-corrected chi connectivity index (χ3v) is 6.77. The third-order valence-electron chi connectivity index (χ3n) is 6.53. The van der Waals surface area contributed by atoms with Gasteiger partial charge >= 0.3 is 5.97 Å². The van der Waals surface area contributed by atoms with Crippen LogP contribution in [0.25, 0.3) is 11.2 Å². The van der Waals surface area contributed by atoms with Crippen LogP contribution in [0.2, 0.25) is 5.02 Å². The van der Waals surface area contributed by atoms with Crippen molar-refractivity contribution >= 4 is 41.1 Å². The lowest BCUT2D eigenvalue weighted by Gasteiger charge is -2.31. The van der Waals surface area contributed by atoms with E-state index in [2.05, 4.69) is 19.9 Å². The van der Waals surface area contributed by atoms with Crippen LogP contribution in [0.4, 0.5) is 4.39 Å². The molecule has 0 radical (unpaired) electrons. The summed E-state index contributed by atoms with van der Waals surface area (Å²) < 4.78 is 21.6. The molecule has 0 amide bonds. The number of halogens is 3. The van der Waals surface area contributed by atoms with Crippen LogP contribution in [0.3, 0.4) is 0 Å². The van der Waals surface area contributed by atoms with Gasteiger partial charge in [-0.1, -0.05) is 23.7 Å². The van der Waals surface area contributed by atoms with E-state index in [0.29, 0.717) is 40.1 Å². The molecule has 11 heteroatoms. The van der Waals surface area contributed by atoms with Gasteiger partial charge in [-0.2, -0.15) is 0 Å². The highest BCUT2D eigenvalue weighted by atomic mass is 35.5. The Balaban J connectivity index is 0.00000320. The fraction of sp³-hybridized carbons (Fsp3) is 0.308. The molecule has 5 rings (SSSR count). The number of aryl methyl sites for hydroxylation is 1. The van der Waals surface area contributed by atoms with Crippen LogP contribution in [0.1, 0.15) is 46.3 Å². The molecule has 1 N–H and O–H groups in total. The molecule has 4 heterocycles. The number of ether oxygens (including phenoxy) is 1. The quantitative estimate of drug-likeness (QED) is 0.339. The second-order valence-corrected chi connectivity index (χ2v) is 9.34. The van der Waals surface area contributed by atoms with Crippen LogP contribution in [0.5, 0.6) is 5.88 Å². The minimum atomic E-state index is -1.05. The number of imidazole rings is 1. The molecule has 0 atom stereocenters. The Labute approximate surface area is 224 Å². The van der Waals surface area contributed by atoms with Gasteiger partial charge in [-0.15, -0.1) is 12.4 Å². The smallest absolute Gasteiger partial charge is 0.354 e. The van der Waals surface area contributed by atoms with Crippen molar-refractivity contribution in [2.75, 3.05) is 13.1 Å². The average Bonchev–Trinajstić information content (AvgIpc) is 3.18. The molecular weight excluding hydrogens is 520 g/mol. The van der Waals surface area contributed by atoms with Gasteiger partial charge in [0, 0.05) is 35.3 Å². The van der Waals surface area contributed by atoms with E-state index in [4.69, 9.17) is 16.3 Å². The average molecular weight is 546 g/mol. The van der Waals surface area contributed by atoms with Crippen molar-refractivity contribution in [3.05, 3.63) is 82.1 Å². The molecule has 0 saturated carbocycles. The number of benzene rings is 1. The number of rotatable bonds is 7. The van der Waals surface area contributed by atoms with Crippen LogP contribution >= 0.6 is 24.0 Å². The molecule has 0 spiro atoms. The first-order valence-electron chi connectivity index (χ1n) is 11.7. The highest BCUT2D eigenvalue weighted by Gasteiger charge is 2.24. The Bertz CT molecular complexity index is 1420. The highest BCUT2D eigenvalue weighted by Crippen LogP contribution is 2.29. The monoisotopic (exact) mass is 545 g/mol. The molecule has 37 heavy (non-hydrogen) atoms. The number of piperidine rings is 1. The maximum Gasteiger partial charge on any atom is 0.354 e. The predicted octanol–water partition coefficient (Wildman–Crippen LogP) is 5.23. The molecule has 1 aliphatic rings. The van der Waals surface area contributed by atoms with Gasteiger partial charge in [-0.05, 0) is 56.3 Å². The molecule has 0 bridgehead atoms. The summed E-state index contributed by atoms with van der Waals surface area (Å²) >= 11 is 5.82. The lowest BCUT2D eigenvalue weighted by molar-refractivity contribution is 0.0691. The van der Waals surface area contributed by atoms with E-state index in [-0.39, 0.29) is 24.7 Å². The number of nitrogens with zero attached hydrogens (tertiary/aromatic N) is 5. The summed E-state index contributed by atoms with van der Waals surface area (Å²) in [5, 5.41) is 9.56. The number of fused-ring (bicyclic) bond motifs is 1. The molecule has 1 aliphatic heterocycles. The zero-order valence-electron chi connectivity index (χ0n) is 20.1. The number of pyridine rings is 2. The molecule has 4 aromatic rings. The predicted molar refractivity (Wildman–Crippen MR) is 140 cm³/mol. The van der Waals surface area contributed by atoms with E-state index in [1.54, 1.807) is 24.3 Å². The Morgan fingerprint density at radius 2 is 1.92 bits per heavy atom. The SMILES string of the molecule is Cl.Cn1c(CN2CCC(c3cccc(OCc4ccc(Cl)cc4F)n3)CC2)nc2ccc(C(=O)O)nc21. The topological polar surface area (TPSA) is 93.4 Å². The lowest BCUT2D eigenvalue weighted by Crippen LogP contribution is -2.33. The van der Waals surface area contributed by atoms with Gasteiger partial charge in [0.15, 0.2) is 11.3 Å². The van der Waals surface area contributed by atoms with Crippen LogP contribution in [-0.2, 0) is 20.2 Å². The Hall–Kier alpha value is -3.27. The normalized spacial score (nSPS) is 14.5. The van der Waals surface area contributed by atoms with E-state index < -0.39 is 11.8 Å². The molecule has 8 nitrogen and oxygen atoms in total. The zero-order valence-corrected chi connectivity index (χ0v) is 21.7. The Kier molecular flexibility index (Phi) is 8.26. The van der Waals surface area contributed by atoms with Crippen molar-refractivity contribution in [2.45, 2.75) is 31.9 Å². The van der Waals surface area contributed by atoms with E-state index in [1.165, 1.54) is 12.1 Å². The summed E-state index contributed by atoms with van der Waals surface area (Å²) in [5.74, 6) is 0.169. The lowest BCUT2D eigenvalue weighted by atomic mass is 9.93. The molecular formula is C26H26Cl2FN5O3. The summed E-state index contributed by atoms with van der Waals surface area (Å²) in [4.78, 5) is 27.1. The molecule has 1 aromatic carbocycles. The van der Waals surface area contributed by atoms with Crippen molar-refractivity contribution in [2.24, 2.45) is 7.05 Å². The first-order valence-corrected chi connectivity index (χ1v) is 12.1. The number of aromatic carboxylic acids is 1. The number of aromatic nitrogens is 4. The second-order valence-electron chi connectivity index (χ2n) is 8.91. The molecule has 1 saturated heterocycles. The second kappa shape index (κ2) is 11.4. The first-order chi connectivity index (χ1) is 17.4. The summed E-state index contributed by atoms with van der Waals surface area (Å²) in [7, 11) is 1.86. The zero-order chi connectivity index (χ0) is 25.2. The van der Waals surface area contributed by atoms with Gasteiger partial charge in [0.2, 0.25) is 5.88 Å². The minimum absolute atomic E-state index is 0. The van der Waals surface area contributed by atoms with Gasteiger partial charge in [0.05, 0.1) is 6.54 Å². The molecule has 0 aliphatic carbocycles. The van der Waals surface area contributed by atoms with Gasteiger partial charge in [-0.3, -0.25) is 4.90 Å². The number of carbonyl (C=O) groups is 1. The summed E-state index contributed by atoms with van der Waals surface area (Å²) in [6, 6.07) is 13.4. The van der Waals surface area contributed by atoms with E-state index in [0.717, 1.165) is 37.4 Å². The van der Waals surface area contributed by atoms with Gasteiger partial charge in [-0.25, -0.2) is 24.1 Å². The van der Waals surface area contributed by atoms with Crippen LogP contribution in [0, 0.1) is 5.82 Å². The van der Waals surface area contributed by atoms with Crippen molar-refractivity contribution in [3.63, 3.8) is 0 Å². The number of likely N-dealkylation sites (tertiary alicyclic amines) is 1. The van der Waals surface area contributed by atoms with Gasteiger partial charge in [0.25, 0.3) is 0 Å². The van der Waals surface area contributed by atoms with Gasteiger partial charge < -0.3 is 14.4 Å². The molecule has 1 fully saturated rings. The maximum atomic E-state index is 14.0. The highest BCUT2D eigenvalue weighted by molar-refractivity contribution is 6.30. The number of hydrogen-bond donors (Lipinski definition) is 1. The standard InChI is InChI=1S/C26H25ClFN5O3.ClH/c1-32-23(29-21-7-8-22(26(34)35)31-25(21)32)14-33-11-9-16(10-12-33)20-3-2-4-24(30-20)36-15-17-5-6-18(27)13-19(17)28;/h2-8,13,16H,9-12,14-15H2,1H3,(H,34,35);1H. The van der Waals surface area contributed by atoms with Crippen molar-refractivity contribution in [3.8, 4) is 5.88 Å². The van der Waals surface area contributed by atoms with E-state index >= 15 is 0 Å². The van der Waals surface area contributed by atoms with E-state index in [1.807, 2.05) is 23.7 Å². The van der Waals surface area contributed by atoms with E-state index in [9.17, 15) is 14.3 Å². The fourth-order valence-corrected chi connectivity index (χ4v) is 4.65. The van der Waals surface area contributed by atoms with Crippen LogP contribution < -0.4 is 4.74 Å². The maximum absolute atomic E-state index is 14.0. The van der Waals surface area contributed by atoms with Crippen LogP contribution in [-0.4, -0.2) is 48.6 Å². The Morgan fingerprint density at radius 1 is 1.14 bits per heavy atom. The summed E-state index contributed by atoms with van der Waals surface area (Å²) in [6.07, 6.45) is 1.88. The molecule has 3 aromatic heterocycles. The molecule has 194 valence electrons. The first kappa shape index (κ1) is 26.8.